The van der Waals surface area contributed by atoms with Crippen molar-refractivity contribution in [2.75, 3.05) is 26.4 Å². The van der Waals surface area contributed by atoms with E-state index >= 15 is 0 Å². The van der Waals surface area contributed by atoms with Gasteiger partial charge in [-0.1, -0.05) is 117 Å². The first-order valence-electron chi connectivity index (χ1n) is 16.0. The Kier molecular flexibility index (Phi) is 27.1. The minimum Gasteiger partial charge on any atom is -0.457 e. The Bertz CT molecular complexity index is 676. The number of unbranched alkanes of at least 4 members (excludes halogenated alkanes) is 16. The first-order valence-corrected chi connectivity index (χ1v) is 17.5. The first-order chi connectivity index (χ1) is 19.8. The van der Waals surface area contributed by atoms with Crippen LogP contribution >= 0.6 is 7.82 Å². The smallest absolute Gasteiger partial charge is 0.457 e. The number of phosphoric ester groups is 1. The SMILES string of the molecule is CCCCCCCCCCCCCCCC(=O)OC(CO)COP(=O)(O)OCC(CO)OC(=O)CCCCCCC. The summed E-state index contributed by atoms with van der Waals surface area (Å²) in [4.78, 5) is 33.9. The summed E-state index contributed by atoms with van der Waals surface area (Å²) >= 11 is 0. The average molecular weight is 611 g/mol. The van der Waals surface area contributed by atoms with Crippen molar-refractivity contribution in [3.63, 3.8) is 0 Å². The summed E-state index contributed by atoms with van der Waals surface area (Å²) in [6, 6.07) is 0. The maximum Gasteiger partial charge on any atom is 0.472 e. The van der Waals surface area contributed by atoms with Crippen LogP contribution in [0.1, 0.15) is 142 Å². The lowest BCUT2D eigenvalue weighted by Crippen LogP contribution is -2.28. The Hall–Kier alpha value is -1.03. The topological polar surface area (TPSA) is 149 Å². The van der Waals surface area contributed by atoms with Crippen molar-refractivity contribution in [3.8, 4) is 0 Å². The molecule has 3 atom stereocenters. The lowest BCUT2D eigenvalue weighted by atomic mass is 10.0. The minimum absolute atomic E-state index is 0.191. The second-order valence-corrected chi connectivity index (χ2v) is 12.3. The van der Waals surface area contributed by atoms with Gasteiger partial charge in [-0.05, 0) is 12.8 Å². The van der Waals surface area contributed by atoms with Crippen LogP contribution in [0.4, 0.5) is 0 Å². The Labute approximate surface area is 248 Å². The fourth-order valence-electron chi connectivity index (χ4n) is 4.29. The molecule has 0 rings (SSSR count). The van der Waals surface area contributed by atoms with E-state index in [1.165, 1.54) is 57.8 Å². The van der Waals surface area contributed by atoms with Gasteiger partial charge < -0.3 is 24.6 Å². The van der Waals surface area contributed by atoms with Crippen molar-refractivity contribution in [2.45, 2.75) is 154 Å². The van der Waals surface area contributed by atoms with Crippen LogP contribution in [0.25, 0.3) is 0 Å². The van der Waals surface area contributed by atoms with Crippen LogP contribution in [0.15, 0.2) is 0 Å². The van der Waals surface area contributed by atoms with Gasteiger partial charge in [0, 0.05) is 12.8 Å². The Morgan fingerprint density at radius 3 is 1.15 bits per heavy atom. The van der Waals surface area contributed by atoms with Gasteiger partial charge in [-0.3, -0.25) is 18.6 Å². The fourth-order valence-corrected chi connectivity index (χ4v) is 5.07. The summed E-state index contributed by atoms with van der Waals surface area (Å²) in [5, 5.41) is 18.9. The van der Waals surface area contributed by atoms with E-state index in [1.807, 2.05) is 0 Å². The highest BCUT2D eigenvalue weighted by Crippen LogP contribution is 2.43. The summed E-state index contributed by atoms with van der Waals surface area (Å²) in [6.07, 6.45) is 18.5. The number of aliphatic hydroxyl groups is 2. The average Bonchev–Trinajstić information content (AvgIpc) is 2.95. The maximum absolute atomic E-state index is 12.2. The van der Waals surface area contributed by atoms with Crippen LogP contribution in [-0.4, -0.2) is 65.7 Å². The molecule has 0 saturated heterocycles. The Balaban J connectivity index is 4.00. The monoisotopic (exact) mass is 610 g/mol. The molecule has 0 fully saturated rings. The normalized spacial score (nSPS) is 14.4. The third-order valence-corrected chi connectivity index (χ3v) is 7.77. The molecule has 244 valence electrons. The molecule has 0 aliphatic rings. The first kappa shape index (κ1) is 40.0. The van der Waals surface area contributed by atoms with Gasteiger partial charge >= 0.3 is 19.8 Å². The van der Waals surface area contributed by atoms with Crippen LogP contribution in [0.3, 0.4) is 0 Å². The van der Waals surface area contributed by atoms with Crippen molar-refractivity contribution >= 4 is 19.8 Å². The van der Waals surface area contributed by atoms with E-state index in [2.05, 4.69) is 13.8 Å². The largest absolute Gasteiger partial charge is 0.472 e. The van der Waals surface area contributed by atoms with Crippen LogP contribution in [0.5, 0.6) is 0 Å². The van der Waals surface area contributed by atoms with Crippen molar-refractivity contribution in [2.24, 2.45) is 0 Å². The van der Waals surface area contributed by atoms with E-state index < -0.39 is 58.4 Å². The number of esters is 2. The molecule has 41 heavy (non-hydrogen) atoms. The van der Waals surface area contributed by atoms with Gasteiger partial charge in [0.15, 0.2) is 0 Å². The summed E-state index contributed by atoms with van der Waals surface area (Å²) < 4.78 is 32.1. The highest BCUT2D eigenvalue weighted by atomic mass is 31.2. The predicted molar refractivity (Wildman–Crippen MR) is 159 cm³/mol. The van der Waals surface area contributed by atoms with E-state index in [-0.39, 0.29) is 12.8 Å². The zero-order chi connectivity index (χ0) is 30.6. The molecule has 0 aliphatic heterocycles. The number of carbonyl (C=O) groups is 2. The fraction of sp³-hybridized carbons (Fsp3) is 0.933. The minimum atomic E-state index is -4.60. The van der Waals surface area contributed by atoms with E-state index in [1.54, 1.807) is 0 Å². The second-order valence-electron chi connectivity index (χ2n) is 10.8. The molecular formula is C30H59O10P. The molecule has 0 bridgehead atoms. The summed E-state index contributed by atoms with van der Waals surface area (Å²) in [5.74, 6) is -1.03. The number of rotatable bonds is 30. The van der Waals surface area contributed by atoms with Crippen molar-refractivity contribution in [3.05, 3.63) is 0 Å². The van der Waals surface area contributed by atoms with Crippen molar-refractivity contribution in [1.29, 1.82) is 0 Å². The summed E-state index contributed by atoms with van der Waals surface area (Å²) in [7, 11) is -4.60. The van der Waals surface area contributed by atoms with Gasteiger partial charge in [0.1, 0.15) is 12.2 Å². The molecule has 3 N–H and O–H groups in total. The van der Waals surface area contributed by atoms with Crippen LogP contribution in [-0.2, 0) is 32.7 Å². The second kappa shape index (κ2) is 27.8. The third kappa shape index (κ3) is 26.3. The van der Waals surface area contributed by atoms with E-state index in [0.29, 0.717) is 12.8 Å². The lowest BCUT2D eigenvalue weighted by Gasteiger charge is -2.20. The maximum atomic E-state index is 12.2. The molecule has 0 heterocycles. The van der Waals surface area contributed by atoms with Crippen LogP contribution < -0.4 is 0 Å². The highest BCUT2D eigenvalue weighted by molar-refractivity contribution is 7.47. The number of phosphoric acid groups is 1. The predicted octanol–water partition coefficient (Wildman–Crippen LogP) is 6.77. The highest BCUT2D eigenvalue weighted by Gasteiger charge is 2.27. The molecule has 11 heteroatoms. The van der Waals surface area contributed by atoms with Gasteiger partial charge in [-0.15, -0.1) is 0 Å². The molecule has 10 nitrogen and oxygen atoms in total. The molecule has 0 aliphatic carbocycles. The lowest BCUT2D eigenvalue weighted by molar-refractivity contribution is -0.153. The van der Waals surface area contributed by atoms with Gasteiger partial charge in [-0.25, -0.2) is 4.57 Å². The van der Waals surface area contributed by atoms with Crippen LogP contribution in [0, 0.1) is 0 Å². The van der Waals surface area contributed by atoms with Gasteiger partial charge in [0.25, 0.3) is 0 Å². The molecule has 0 aromatic rings. The van der Waals surface area contributed by atoms with E-state index in [4.69, 9.17) is 18.5 Å². The van der Waals surface area contributed by atoms with Gasteiger partial charge in [0.2, 0.25) is 0 Å². The molecule has 0 spiro atoms. The van der Waals surface area contributed by atoms with Gasteiger partial charge in [0.05, 0.1) is 26.4 Å². The molecule has 0 aromatic heterocycles. The summed E-state index contributed by atoms with van der Waals surface area (Å²) in [5.41, 5.74) is 0. The number of ether oxygens (including phenoxy) is 2. The number of hydrogen-bond donors (Lipinski definition) is 3. The molecular weight excluding hydrogens is 551 g/mol. The molecule has 0 radical (unpaired) electrons. The van der Waals surface area contributed by atoms with Gasteiger partial charge in [-0.2, -0.15) is 0 Å². The summed E-state index contributed by atoms with van der Waals surface area (Å²) in [6.45, 7) is 2.07. The van der Waals surface area contributed by atoms with E-state index in [0.717, 1.165) is 44.9 Å². The zero-order valence-electron chi connectivity index (χ0n) is 25.8. The molecule has 0 aromatic carbocycles. The van der Waals surface area contributed by atoms with E-state index in [9.17, 15) is 29.3 Å². The number of carbonyl (C=O) groups excluding carboxylic acids is 2. The van der Waals surface area contributed by atoms with Crippen LogP contribution in [0.2, 0.25) is 0 Å². The Morgan fingerprint density at radius 2 is 0.854 bits per heavy atom. The van der Waals surface area contributed by atoms with Crippen molar-refractivity contribution < 1.29 is 47.8 Å². The third-order valence-electron chi connectivity index (χ3n) is 6.82. The molecule has 0 amide bonds. The quantitative estimate of drug-likeness (QED) is 0.0452. The zero-order valence-corrected chi connectivity index (χ0v) is 26.7. The molecule has 3 unspecified atom stereocenters. The number of hydrogen-bond acceptors (Lipinski definition) is 9. The van der Waals surface area contributed by atoms with Crippen molar-refractivity contribution in [1.82, 2.24) is 0 Å². The molecule has 0 saturated carbocycles. The standard InChI is InChI=1S/C30H59O10P/c1-3-5-7-9-10-11-12-13-14-15-16-18-20-22-30(34)40-28(24-32)26-38-41(35,36)37-25-27(23-31)39-29(33)21-19-17-8-6-4-2/h27-28,31-32H,3-26H2,1-2H3,(H,35,36). The number of aliphatic hydroxyl groups excluding tert-OH is 2. The Morgan fingerprint density at radius 1 is 0.561 bits per heavy atom.